The Morgan fingerprint density at radius 2 is 1.80 bits per heavy atom. The molecular formula is C31H41N5O4. The molecule has 2 heterocycles. The SMILES string of the molecule is CC(C)(C)OC(=O)NCC=CCN(Cc1nc2ccccc2n1C(=O)OC(C)(C)C)C1CCCc2cccnc21. The molecule has 1 atom stereocenters. The number of pyridine rings is 1. The largest absolute Gasteiger partial charge is 0.444 e. The highest BCUT2D eigenvalue weighted by Gasteiger charge is 2.30. The van der Waals surface area contributed by atoms with Gasteiger partial charge in [0.25, 0.3) is 0 Å². The lowest BCUT2D eigenvalue weighted by Gasteiger charge is -2.34. The van der Waals surface area contributed by atoms with Gasteiger partial charge in [-0.05, 0) is 84.6 Å². The average Bonchev–Trinajstić information content (AvgIpc) is 3.23. The van der Waals surface area contributed by atoms with Crippen LogP contribution in [0.15, 0.2) is 54.7 Å². The van der Waals surface area contributed by atoms with Gasteiger partial charge in [-0.15, -0.1) is 0 Å². The Morgan fingerprint density at radius 3 is 2.55 bits per heavy atom. The number of carbonyl (C=O) groups is 2. The summed E-state index contributed by atoms with van der Waals surface area (Å²) in [5.41, 5.74) is 2.57. The van der Waals surface area contributed by atoms with Gasteiger partial charge in [0.15, 0.2) is 0 Å². The highest BCUT2D eigenvalue weighted by Crippen LogP contribution is 2.34. The van der Waals surface area contributed by atoms with Gasteiger partial charge in [0, 0.05) is 19.3 Å². The molecule has 1 amide bonds. The third kappa shape index (κ3) is 7.69. The van der Waals surface area contributed by atoms with Crippen LogP contribution < -0.4 is 5.32 Å². The van der Waals surface area contributed by atoms with Crippen LogP contribution in [-0.4, -0.2) is 55.9 Å². The van der Waals surface area contributed by atoms with E-state index in [0.717, 1.165) is 30.5 Å². The molecule has 214 valence electrons. The van der Waals surface area contributed by atoms with E-state index in [1.807, 2.05) is 90.2 Å². The first kappa shape index (κ1) is 29.3. The fourth-order valence-corrected chi connectivity index (χ4v) is 4.87. The van der Waals surface area contributed by atoms with E-state index in [4.69, 9.17) is 19.4 Å². The number of carbonyl (C=O) groups excluding carboxylic acids is 2. The molecule has 0 spiro atoms. The number of rotatable bonds is 7. The van der Waals surface area contributed by atoms with Crippen LogP contribution >= 0.6 is 0 Å². The molecule has 0 saturated heterocycles. The van der Waals surface area contributed by atoms with E-state index in [0.29, 0.717) is 31.0 Å². The van der Waals surface area contributed by atoms with Crippen molar-refractivity contribution in [2.75, 3.05) is 13.1 Å². The van der Waals surface area contributed by atoms with Crippen LogP contribution in [0.25, 0.3) is 11.0 Å². The highest BCUT2D eigenvalue weighted by atomic mass is 16.6. The molecule has 1 aliphatic carbocycles. The number of nitrogens with zero attached hydrogens (tertiary/aromatic N) is 4. The van der Waals surface area contributed by atoms with Crippen molar-refractivity contribution < 1.29 is 19.1 Å². The van der Waals surface area contributed by atoms with Crippen molar-refractivity contribution in [1.82, 2.24) is 24.8 Å². The lowest BCUT2D eigenvalue weighted by molar-refractivity contribution is 0.0522. The standard InChI is InChI=1S/C31H41N5O4/c1-30(2,3)39-28(37)33-18-9-10-20-35(25-17-11-13-22-14-12-19-32-27(22)25)21-26-34-23-15-7-8-16-24(23)36(26)29(38)40-31(4,5)6/h7-10,12,14-16,19,25H,11,13,17-18,20-21H2,1-6H3,(H,33,37). The minimum atomic E-state index is -0.643. The summed E-state index contributed by atoms with van der Waals surface area (Å²) in [4.78, 5) is 37.3. The fourth-order valence-electron chi connectivity index (χ4n) is 4.87. The maximum Gasteiger partial charge on any atom is 0.420 e. The molecule has 1 aromatic carbocycles. The summed E-state index contributed by atoms with van der Waals surface area (Å²) in [6.07, 6.45) is 7.87. The smallest absolute Gasteiger partial charge is 0.420 e. The van der Waals surface area contributed by atoms with Crippen molar-refractivity contribution in [3.05, 3.63) is 71.8 Å². The summed E-state index contributed by atoms with van der Waals surface area (Å²) >= 11 is 0. The molecule has 3 aromatic rings. The molecular weight excluding hydrogens is 506 g/mol. The van der Waals surface area contributed by atoms with Gasteiger partial charge in [-0.25, -0.2) is 19.1 Å². The van der Waals surface area contributed by atoms with Crippen LogP contribution in [0.3, 0.4) is 0 Å². The third-order valence-electron chi connectivity index (χ3n) is 6.43. The number of aromatic nitrogens is 3. The average molecular weight is 548 g/mol. The number of imidazole rings is 1. The van der Waals surface area contributed by atoms with E-state index < -0.39 is 23.4 Å². The van der Waals surface area contributed by atoms with E-state index in [1.54, 1.807) is 4.57 Å². The van der Waals surface area contributed by atoms with Crippen molar-refractivity contribution in [3.8, 4) is 0 Å². The van der Waals surface area contributed by atoms with Crippen molar-refractivity contribution in [2.24, 2.45) is 0 Å². The molecule has 0 bridgehead atoms. The number of aryl methyl sites for hydroxylation is 1. The Morgan fingerprint density at radius 1 is 1.05 bits per heavy atom. The summed E-state index contributed by atoms with van der Waals surface area (Å²) < 4.78 is 12.7. The van der Waals surface area contributed by atoms with Gasteiger partial charge < -0.3 is 14.8 Å². The maximum absolute atomic E-state index is 13.4. The molecule has 0 saturated carbocycles. The summed E-state index contributed by atoms with van der Waals surface area (Å²) in [6.45, 7) is 12.4. The van der Waals surface area contributed by atoms with Gasteiger partial charge in [0.1, 0.15) is 17.0 Å². The van der Waals surface area contributed by atoms with Crippen LogP contribution in [0.5, 0.6) is 0 Å². The predicted octanol–water partition coefficient (Wildman–Crippen LogP) is 6.18. The Bertz CT molecular complexity index is 1370. The molecule has 9 nitrogen and oxygen atoms in total. The van der Waals surface area contributed by atoms with Gasteiger partial charge in [-0.2, -0.15) is 0 Å². The number of hydrogen-bond donors (Lipinski definition) is 1. The zero-order valence-corrected chi connectivity index (χ0v) is 24.4. The van der Waals surface area contributed by atoms with Gasteiger partial charge in [-0.3, -0.25) is 9.88 Å². The Balaban J connectivity index is 1.61. The topological polar surface area (TPSA) is 98.6 Å². The van der Waals surface area contributed by atoms with Gasteiger partial charge in [-0.1, -0.05) is 30.4 Å². The number of amides is 1. The van der Waals surface area contributed by atoms with Crippen molar-refractivity contribution in [2.45, 2.75) is 84.6 Å². The minimum absolute atomic E-state index is 0.0558. The van der Waals surface area contributed by atoms with Gasteiger partial charge >= 0.3 is 12.2 Å². The Kier molecular flexibility index (Phi) is 8.93. The summed E-state index contributed by atoms with van der Waals surface area (Å²) in [7, 11) is 0. The van der Waals surface area contributed by atoms with Crippen LogP contribution in [0, 0.1) is 0 Å². The third-order valence-corrected chi connectivity index (χ3v) is 6.43. The Hall–Kier alpha value is -3.72. The summed E-state index contributed by atoms with van der Waals surface area (Å²) in [5, 5.41) is 2.76. The molecule has 2 aromatic heterocycles. The molecule has 0 aliphatic heterocycles. The zero-order chi connectivity index (χ0) is 28.9. The lowest BCUT2D eigenvalue weighted by atomic mass is 9.90. The normalized spacial score (nSPS) is 15.8. The van der Waals surface area contributed by atoms with Crippen LogP contribution in [0.4, 0.5) is 9.59 Å². The molecule has 1 N–H and O–H groups in total. The van der Waals surface area contributed by atoms with Crippen molar-refractivity contribution in [1.29, 1.82) is 0 Å². The van der Waals surface area contributed by atoms with Crippen LogP contribution in [0.2, 0.25) is 0 Å². The van der Waals surface area contributed by atoms with Crippen molar-refractivity contribution in [3.63, 3.8) is 0 Å². The quantitative estimate of drug-likeness (QED) is 0.353. The molecule has 1 unspecified atom stereocenters. The number of benzene rings is 1. The Labute approximate surface area is 236 Å². The first-order valence-corrected chi connectivity index (χ1v) is 13.9. The number of alkyl carbamates (subject to hydrolysis) is 1. The van der Waals surface area contributed by atoms with Crippen molar-refractivity contribution >= 4 is 23.2 Å². The first-order chi connectivity index (χ1) is 18.9. The number of fused-ring (bicyclic) bond motifs is 2. The highest BCUT2D eigenvalue weighted by molar-refractivity contribution is 5.87. The second-order valence-electron chi connectivity index (χ2n) is 12.1. The second-order valence-corrected chi connectivity index (χ2v) is 12.1. The van der Waals surface area contributed by atoms with E-state index in [2.05, 4.69) is 16.3 Å². The minimum Gasteiger partial charge on any atom is -0.444 e. The zero-order valence-electron chi connectivity index (χ0n) is 24.4. The van der Waals surface area contributed by atoms with E-state index in [-0.39, 0.29) is 6.04 Å². The van der Waals surface area contributed by atoms with Crippen LogP contribution in [0.1, 0.15) is 77.5 Å². The number of nitrogens with one attached hydrogen (secondary N) is 1. The van der Waals surface area contributed by atoms with Gasteiger partial charge in [0.2, 0.25) is 0 Å². The van der Waals surface area contributed by atoms with Gasteiger partial charge in [0.05, 0.1) is 29.3 Å². The van der Waals surface area contributed by atoms with E-state index >= 15 is 0 Å². The van der Waals surface area contributed by atoms with E-state index in [9.17, 15) is 9.59 Å². The fraction of sp³-hybridized carbons (Fsp3) is 0.484. The molecule has 1 aliphatic rings. The van der Waals surface area contributed by atoms with Crippen LogP contribution in [-0.2, 0) is 22.4 Å². The van der Waals surface area contributed by atoms with E-state index in [1.165, 1.54) is 5.56 Å². The monoisotopic (exact) mass is 547 g/mol. The molecule has 0 radical (unpaired) electrons. The lowest BCUT2D eigenvalue weighted by Crippen LogP contribution is -2.35. The molecule has 0 fully saturated rings. The molecule has 40 heavy (non-hydrogen) atoms. The molecule has 9 heteroatoms. The number of hydrogen-bond acceptors (Lipinski definition) is 7. The number of ether oxygens (including phenoxy) is 2. The summed E-state index contributed by atoms with van der Waals surface area (Å²) in [6, 6.07) is 11.8. The second kappa shape index (κ2) is 12.2. The summed E-state index contributed by atoms with van der Waals surface area (Å²) in [5.74, 6) is 0.610. The predicted molar refractivity (Wildman–Crippen MR) is 155 cm³/mol. The molecule has 4 rings (SSSR count). The first-order valence-electron chi connectivity index (χ1n) is 13.9. The number of para-hydroxylation sites is 2. The maximum atomic E-state index is 13.4.